The number of hydrogen-bond donors (Lipinski definition) is 4. The van der Waals surface area contributed by atoms with Crippen LogP contribution in [0.5, 0.6) is 0 Å². The summed E-state index contributed by atoms with van der Waals surface area (Å²) in [5, 5.41) is 27.1. The van der Waals surface area contributed by atoms with Crippen molar-refractivity contribution in [1.29, 1.82) is 0 Å². The molecule has 0 spiro atoms. The highest BCUT2D eigenvalue weighted by molar-refractivity contribution is 6.30. The molecule has 3 aromatic rings. The van der Waals surface area contributed by atoms with Gasteiger partial charge in [0, 0.05) is 29.0 Å². The quantitative estimate of drug-likeness (QED) is 0.420. The minimum Gasteiger partial charge on any atom is -0.478 e. The van der Waals surface area contributed by atoms with E-state index >= 15 is 0 Å². The van der Waals surface area contributed by atoms with Gasteiger partial charge in [0.1, 0.15) is 0 Å². The molecular formula is C25H25ClN2O3. The van der Waals surface area contributed by atoms with Gasteiger partial charge in [-0.25, -0.2) is 4.79 Å². The van der Waals surface area contributed by atoms with Crippen molar-refractivity contribution < 1.29 is 15.0 Å². The molecule has 3 aromatic carbocycles. The molecule has 5 nitrogen and oxygen atoms in total. The third kappa shape index (κ3) is 5.44. The molecule has 0 bridgehead atoms. The number of anilines is 2. The van der Waals surface area contributed by atoms with Crippen LogP contribution in [0.15, 0.2) is 66.7 Å². The van der Waals surface area contributed by atoms with E-state index in [0.29, 0.717) is 11.6 Å². The van der Waals surface area contributed by atoms with Crippen molar-refractivity contribution in [2.45, 2.75) is 31.4 Å². The third-order valence-corrected chi connectivity index (χ3v) is 5.90. The van der Waals surface area contributed by atoms with E-state index < -0.39 is 12.1 Å². The van der Waals surface area contributed by atoms with E-state index in [-0.39, 0.29) is 11.6 Å². The zero-order valence-electron chi connectivity index (χ0n) is 17.0. The largest absolute Gasteiger partial charge is 0.478 e. The third-order valence-electron chi connectivity index (χ3n) is 5.67. The SMILES string of the molecule is O=C(O)c1cccc(Nc2ccc3c(c2)C[C@@H](NC[C@@H](O)c2cccc(Cl)c2)CC3)c1. The molecule has 0 unspecified atom stereocenters. The summed E-state index contributed by atoms with van der Waals surface area (Å²) in [6.07, 6.45) is 2.27. The molecule has 0 aliphatic heterocycles. The molecule has 0 aromatic heterocycles. The number of benzene rings is 3. The van der Waals surface area contributed by atoms with E-state index in [2.05, 4.69) is 22.8 Å². The van der Waals surface area contributed by atoms with Gasteiger partial charge in [-0.1, -0.05) is 35.9 Å². The van der Waals surface area contributed by atoms with E-state index in [1.807, 2.05) is 24.3 Å². The standard InChI is InChI=1S/C25H25ClN2O3/c26-20-5-1-3-17(11-20)24(29)15-27-21-9-7-16-8-10-23(14-19(16)13-21)28-22-6-2-4-18(12-22)25(30)31/h1-6,8,10-12,14,21,24,27-29H,7,9,13,15H2,(H,30,31)/t21-,24+/m0/s1. The van der Waals surface area contributed by atoms with Gasteiger partial charge in [-0.15, -0.1) is 0 Å². The Kier molecular flexibility index (Phi) is 6.56. The predicted molar refractivity (Wildman–Crippen MR) is 123 cm³/mol. The van der Waals surface area contributed by atoms with Gasteiger partial charge in [-0.05, 0) is 78.4 Å². The van der Waals surface area contributed by atoms with Gasteiger partial charge < -0.3 is 20.8 Å². The zero-order chi connectivity index (χ0) is 21.8. The van der Waals surface area contributed by atoms with Crippen molar-refractivity contribution in [1.82, 2.24) is 5.32 Å². The van der Waals surface area contributed by atoms with Gasteiger partial charge in [0.05, 0.1) is 11.7 Å². The van der Waals surface area contributed by atoms with E-state index in [9.17, 15) is 15.0 Å². The van der Waals surface area contributed by atoms with Gasteiger partial charge in [0.2, 0.25) is 0 Å². The number of aryl methyl sites for hydroxylation is 1. The first-order chi connectivity index (χ1) is 15.0. The molecule has 160 valence electrons. The van der Waals surface area contributed by atoms with Crippen molar-refractivity contribution in [2.75, 3.05) is 11.9 Å². The van der Waals surface area contributed by atoms with Crippen molar-refractivity contribution in [2.24, 2.45) is 0 Å². The van der Waals surface area contributed by atoms with Crippen LogP contribution in [0.4, 0.5) is 11.4 Å². The fraction of sp³-hybridized carbons (Fsp3) is 0.240. The second kappa shape index (κ2) is 9.52. The van der Waals surface area contributed by atoms with Crippen molar-refractivity contribution >= 4 is 28.9 Å². The molecule has 0 radical (unpaired) electrons. The molecule has 4 N–H and O–H groups in total. The number of aliphatic hydroxyl groups excluding tert-OH is 1. The number of aromatic carboxylic acids is 1. The van der Waals surface area contributed by atoms with Crippen LogP contribution in [-0.4, -0.2) is 28.8 Å². The molecular weight excluding hydrogens is 412 g/mol. The number of carboxylic acid groups (broad SMARTS) is 1. The second-order valence-corrected chi connectivity index (χ2v) is 8.35. The summed E-state index contributed by atoms with van der Waals surface area (Å²) in [5.74, 6) is -0.942. The Balaban J connectivity index is 1.39. The monoisotopic (exact) mass is 436 g/mol. The van der Waals surface area contributed by atoms with Gasteiger partial charge >= 0.3 is 5.97 Å². The molecule has 0 fully saturated rings. The smallest absolute Gasteiger partial charge is 0.335 e. The van der Waals surface area contributed by atoms with Crippen LogP contribution < -0.4 is 10.6 Å². The summed E-state index contributed by atoms with van der Waals surface area (Å²) in [7, 11) is 0. The number of rotatable bonds is 7. The van der Waals surface area contributed by atoms with Gasteiger partial charge in [0.15, 0.2) is 0 Å². The fourth-order valence-electron chi connectivity index (χ4n) is 4.02. The summed E-state index contributed by atoms with van der Waals surface area (Å²) in [5.41, 5.74) is 5.34. The lowest BCUT2D eigenvalue weighted by molar-refractivity contribution is 0.0697. The predicted octanol–water partition coefficient (Wildman–Crippen LogP) is 4.96. The highest BCUT2D eigenvalue weighted by atomic mass is 35.5. The molecule has 31 heavy (non-hydrogen) atoms. The number of fused-ring (bicyclic) bond motifs is 1. The summed E-state index contributed by atoms with van der Waals surface area (Å²) in [6, 6.07) is 20.7. The molecule has 0 heterocycles. The van der Waals surface area contributed by atoms with E-state index in [0.717, 1.165) is 36.2 Å². The lowest BCUT2D eigenvalue weighted by Gasteiger charge is -2.27. The highest BCUT2D eigenvalue weighted by Gasteiger charge is 2.20. The Bertz CT molecular complexity index is 1090. The summed E-state index contributed by atoms with van der Waals surface area (Å²) < 4.78 is 0. The molecule has 1 aliphatic carbocycles. The first-order valence-corrected chi connectivity index (χ1v) is 10.7. The Labute approximate surface area is 186 Å². The maximum atomic E-state index is 11.2. The molecule has 0 amide bonds. The number of hydrogen-bond acceptors (Lipinski definition) is 4. The van der Waals surface area contributed by atoms with Crippen LogP contribution in [0.25, 0.3) is 0 Å². The van der Waals surface area contributed by atoms with Crippen LogP contribution in [0, 0.1) is 0 Å². The highest BCUT2D eigenvalue weighted by Crippen LogP contribution is 2.27. The molecule has 2 atom stereocenters. The van der Waals surface area contributed by atoms with Gasteiger partial charge in [-0.3, -0.25) is 0 Å². The Morgan fingerprint density at radius 2 is 1.84 bits per heavy atom. The lowest BCUT2D eigenvalue weighted by atomic mass is 9.87. The Hall–Kier alpha value is -2.86. The lowest BCUT2D eigenvalue weighted by Crippen LogP contribution is -2.37. The minimum atomic E-state index is -0.942. The summed E-state index contributed by atoms with van der Waals surface area (Å²) in [6.45, 7) is 0.472. The van der Waals surface area contributed by atoms with Gasteiger partial charge in [-0.2, -0.15) is 0 Å². The van der Waals surface area contributed by atoms with Crippen molar-refractivity contribution in [3.8, 4) is 0 Å². The zero-order valence-corrected chi connectivity index (χ0v) is 17.8. The van der Waals surface area contributed by atoms with Gasteiger partial charge in [0.25, 0.3) is 0 Å². The van der Waals surface area contributed by atoms with E-state index in [4.69, 9.17) is 11.6 Å². The van der Waals surface area contributed by atoms with Crippen LogP contribution >= 0.6 is 11.6 Å². The number of halogens is 1. The van der Waals surface area contributed by atoms with E-state index in [1.165, 1.54) is 11.1 Å². The number of carboxylic acids is 1. The maximum absolute atomic E-state index is 11.2. The van der Waals surface area contributed by atoms with Crippen LogP contribution in [0.1, 0.15) is 39.6 Å². The molecule has 4 rings (SSSR count). The number of nitrogens with one attached hydrogen (secondary N) is 2. The molecule has 6 heteroatoms. The van der Waals surface area contributed by atoms with E-state index in [1.54, 1.807) is 30.3 Å². The first-order valence-electron chi connectivity index (χ1n) is 10.4. The molecule has 0 saturated heterocycles. The van der Waals surface area contributed by atoms with Crippen LogP contribution in [-0.2, 0) is 12.8 Å². The molecule has 1 aliphatic rings. The normalized spacial score (nSPS) is 16.4. The summed E-state index contributed by atoms with van der Waals surface area (Å²) >= 11 is 6.02. The second-order valence-electron chi connectivity index (χ2n) is 7.91. The number of carbonyl (C=O) groups is 1. The average molecular weight is 437 g/mol. The Morgan fingerprint density at radius 1 is 1.03 bits per heavy atom. The minimum absolute atomic E-state index is 0.255. The average Bonchev–Trinajstić information content (AvgIpc) is 2.77. The first kappa shape index (κ1) is 21.4. The molecule has 0 saturated carbocycles. The number of aliphatic hydroxyl groups is 1. The van der Waals surface area contributed by atoms with Crippen molar-refractivity contribution in [3.05, 3.63) is 94.0 Å². The fourth-order valence-corrected chi connectivity index (χ4v) is 4.21. The Morgan fingerprint density at radius 3 is 2.65 bits per heavy atom. The topological polar surface area (TPSA) is 81.6 Å². The van der Waals surface area contributed by atoms with Crippen molar-refractivity contribution in [3.63, 3.8) is 0 Å². The maximum Gasteiger partial charge on any atom is 0.335 e. The summed E-state index contributed by atoms with van der Waals surface area (Å²) in [4.78, 5) is 11.2. The van der Waals surface area contributed by atoms with Crippen LogP contribution in [0.3, 0.4) is 0 Å². The van der Waals surface area contributed by atoms with Crippen LogP contribution in [0.2, 0.25) is 5.02 Å².